The molecule has 1 fully saturated rings. The molecule has 0 saturated heterocycles. The third kappa shape index (κ3) is 4.91. The third-order valence-electron chi connectivity index (χ3n) is 3.49. The molecule has 1 aliphatic carbocycles. The zero-order valence-electron chi connectivity index (χ0n) is 11.1. The van der Waals surface area contributed by atoms with Crippen LogP contribution in [-0.4, -0.2) is 23.7 Å². The van der Waals surface area contributed by atoms with E-state index in [0.717, 1.165) is 6.54 Å². The van der Waals surface area contributed by atoms with E-state index in [9.17, 15) is 4.79 Å². The minimum absolute atomic E-state index is 0.292. The summed E-state index contributed by atoms with van der Waals surface area (Å²) in [5, 5.41) is 12.1. The number of aliphatic carboxylic acids is 1. The Morgan fingerprint density at radius 1 is 1.21 bits per heavy atom. The molecular formula is C15H21NO3. The predicted molar refractivity (Wildman–Crippen MR) is 73.3 cm³/mol. The average molecular weight is 263 g/mol. The molecule has 1 aromatic carbocycles. The van der Waals surface area contributed by atoms with Gasteiger partial charge in [-0.2, -0.15) is 0 Å². The summed E-state index contributed by atoms with van der Waals surface area (Å²) in [4.78, 5) is 10.4. The van der Waals surface area contributed by atoms with Gasteiger partial charge in [0, 0.05) is 12.6 Å². The third-order valence-corrected chi connectivity index (χ3v) is 3.49. The first-order valence-electron chi connectivity index (χ1n) is 6.91. The summed E-state index contributed by atoms with van der Waals surface area (Å²) in [6.45, 7) is 0.573. The molecule has 0 spiro atoms. The van der Waals surface area contributed by atoms with Gasteiger partial charge < -0.3 is 15.2 Å². The Bertz CT molecular complexity index is 396. The minimum atomic E-state index is -0.956. The van der Waals surface area contributed by atoms with Gasteiger partial charge in [-0.3, -0.25) is 0 Å². The van der Waals surface area contributed by atoms with Crippen LogP contribution >= 0.6 is 0 Å². The molecule has 0 aliphatic heterocycles. The Morgan fingerprint density at radius 3 is 2.53 bits per heavy atom. The van der Waals surface area contributed by atoms with Crippen LogP contribution in [0.1, 0.15) is 37.7 Å². The van der Waals surface area contributed by atoms with Crippen LogP contribution in [0.3, 0.4) is 0 Å². The lowest BCUT2D eigenvalue weighted by Gasteiger charge is -2.22. The van der Waals surface area contributed by atoms with Crippen LogP contribution in [0.25, 0.3) is 0 Å². The van der Waals surface area contributed by atoms with Gasteiger partial charge in [0.15, 0.2) is 6.61 Å². The summed E-state index contributed by atoms with van der Waals surface area (Å²) in [6.07, 6.45) is 6.59. The summed E-state index contributed by atoms with van der Waals surface area (Å²) >= 11 is 0. The molecule has 4 heteroatoms. The Labute approximate surface area is 113 Å². The van der Waals surface area contributed by atoms with Crippen molar-refractivity contribution in [3.8, 4) is 5.75 Å². The zero-order valence-corrected chi connectivity index (χ0v) is 11.1. The van der Waals surface area contributed by atoms with E-state index in [0.29, 0.717) is 11.8 Å². The monoisotopic (exact) mass is 263 g/mol. The number of rotatable bonds is 6. The van der Waals surface area contributed by atoms with E-state index in [1.54, 1.807) is 0 Å². The van der Waals surface area contributed by atoms with Gasteiger partial charge >= 0.3 is 5.97 Å². The molecule has 0 radical (unpaired) electrons. The maximum absolute atomic E-state index is 10.4. The molecule has 0 amide bonds. The molecular weight excluding hydrogens is 242 g/mol. The summed E-state index contributed by atoms with van der Waals surface area (Å²) in [5.74, 6) is -0.355. The zero-order chi connectivity index (χ0) is 13.5. The number of nitrogens with one attached hydrogen (secondary N) is 1. The Hall–Kier alpha value is -1.55. The maximum atomic E-state index is 10.4. The quantitative estimate of drug-likeness (QED) is 0.828. The van der Waals surface area contributed by atoms with Crippen molar-refractivity contribution in [2.24, 2.45) is 0 Å². The molecule has 0 heterocycles. The van der Waals surface area contributed by atoms with Crippen molar-refractivity contribution in [1.82, 2.24) is 5.32 Å². The average Bonchev–Trinajstić information content (AvgIpc) is 2.45. The normalized spacial score (nSPS) is 16.2. The van der Waals surface area contributed by atoms with Crippen LogP contribution in [0.5, 0.6) is 5.75 Å². The molecule has 0 bridgehead atoms. The molecule has 0 atom stereocenters. The first-order chi connectivity index (χ1) is 9.24. The lowest BCUT2D eigenvalue weighted by atomic mass is 9.95. The highest BCUT2D eigenvalue weighted by Crippen LogP contribution is 2.18. The smallest absolute Gasteiger partial charge is 0.341 e. The second-order valence-corrected chi connectivity index (χ2v) is 5.04. The number of hydrogen-bond donors (Lipinski definition) is 2. The van der Waals surface area contributed by atoms with Crippen molar-refractivity contribution in [2.75, 3.05) is 6.61 Å². The Morgan fingerprint density at radius 2 is 1.89 bits per heavy atom. The number of ether oxygens (including phenoxy) is 1. The van der Waals surface area contributed by atoms with Crippen molar-refractivity contribution in [2.45, 2.75) is 44.7 Å². The standard InChI is InChI=1S/C15H21NO3/c17-15(18)11-19-14-8-6-12(7-9-14)10-16-13-4-2-1-3-5-13/h6-9,13,16H,1-5,10-11H2,(H,17,18). The largest absolute Gasteiger partial charge is 0.482 e. The molecule has 0 unspecified atom stereocenters. The lowest BCUT2D eigenvalue weighted by Crippen LogP contribution is -2.30. The highest BCUT2D eigenvalue weighted by Gasteiger charge is 2.12. The van der Waals surface area contributed by atoms with Crippen molar-refractivity contribution in [1.29, 1.82) is 0 Å². The first kappa shape index (κ1) is 13.9. The molecule has 1 aromatic rings. The van der Waals surface area contributed by atoms with Crippen molar-refractivity contribution in [3.63, 3.8) is 0 Å². The molecule has 19 heavy (non-hydrogen) atoms. The molecule has 4 nitrogen and oxygen atoms in total. The molecule has 1 aliphatic rings. The number of carboxylic acids is 1. The van der Waals surface area contributed by atoms with Gasteiger partial charge in [0.05, 0.1) is 0 Å². The molecule has 2 rings (SSSR count). The van der Waals surface area contributed by atoms with E-state index < -0.39 is 5.97 Å². The van der Waals surface area contributed by atoms with Gasteiger partial charge in [0.1, 0.15) is 5.75 Å². The molecule has 104 valence electrons. The summed E-state index contributed by atoms with van der Waals surface area (Å²) in [6, 6.07) is 8.25. The van der Waals surface area contributed by atoms with E-state index >= 15 is 0 Å². The molecule has 1 saturated carbocycles. The van der Waals surface area contributed by atoms with Crippen molar-refractivity contribution in [3.05, 3.63) is 29.8 Å². The fourth-order valence-electron chi connectivity index (χ4n) is 2.42. The Balaban J connectivity index is 1.76. The highest BCUT2D eigenvalue weighted by atomic mass is 16.5. The minimum Gasteiger partial charge on any atom is -0.482 e. The van der Waals surface area contributed by atoms with E-state index in [-0.39, 0.29) is 6.61 Å². The van der Waals surface area contributed by atoms with E-state index in [4.69, 9.17) is 9.84 Å². The van der Waals surface area contributed by atoms with Gasteiger partial charge in [-0.1, -0.05) is 31.4 Å². The van der Waals surface area contributed by atoms with Crippen molar-refractivity contribution >= 4 is 5.97 Å². The maximum Gasteiger partial charge on any atom is 0.341 e. The number of hydrogen-bond acceptors (Lipinski definition) is 3. The number of carbonyl (C=O) groups is 1. The summed E-state index contributed by atoms with van der Waals surface area (Å²) < 4.78 is 5.10. The van der Waals surface area contributed by atoms with Crippen LogP contribution < -0.4 is 10.1 Å². The van der Waals surface area contributed by atoms with Gasteiger partial charge in [-0.15, -0.1) is 0 Å². The Kier molecular flexibility index (Phi) is 5.21. The van der Waals surface area contributed by atoms with Crippen LogP contribution in [0.15, 0.2) is 24.3 Å². The van der Waals surface area contributed by atoms with E-state index in [1.807, 2.05) is 24.3 Å². The van der Waals surface area contributed by atoms with Gasteiger partial charge in [-0.25, -0.2) is 4.79 Å². The second kappa shape index (κ2) is 7.14. The number of carboxylic acid groups (broad SMARTS) is 1. The van der Waals surface area contributed by atoms with Crippen LogP contribution in [0.4, 0.5) is 0 Å². The van der Waals surface area contributed by atoms with E-state index in [2.05, 4.69) is 5.32 Å². The van der Waals surface area contributed by atoms with Crippen molar-refractivity contribution < 1.29 is 14.6 Å². The van der Waals surface area contributed by atoms with Crippen LogP contribution in [0.2, 0.25) is 0 Å². The second-order valence-electron chi connectivity index (χ2n) is 5.04. The topological polar surface area (TPSA) is 58.6 Å². The highest BCUT2D eigenvalue weighted by molar-refractivity contribution is 5.68. The van der Waals surface area contributed by atoms with Crippen LogP contribution in [0, 0.1) is 0 Å². The lowest BCUT2D eigenvalue weighted by molar-refractivity contribution is -0.139. The number of benzene rings is 1. The fourth-order valence-corrected chi connectivity index (χ4v) is 2.42. The van der Waals surface area contributed by atoms with E-state index in [1.165, 1.54) is 37.7 Å². The van der Waals surface area contributed by atoms with Gasteiger partial charge in [0.25, 0.3) is 0 Å². The molecule has 2 N–H and O–H groups in total. The van der Waals surface area contributed by atoms with Gasteiger partial charge in [0.2, 0.25) is 0 Å². The fraction of sp³-hybridized carbons (Fsp3) is 0.533. The van der Waals surface area contributed by atoms with Crippen LogP contribution in [-0.2, 0) is 11.3 Å². The molecule has 0 aromatic heterocycles. The first-order valence-corrected chi connectivity index (χ1v) is 6.91. The SMILES string of the molecule is O=C(O)COc1ccc(CNC2CCCCC2)cc1. The summed E-state index contributed by atoms with van der Waals surface area (Å²) in [5.41, 5.74) is 1.20. The summed E-state index contributed by atoms with van der Waals surface area (Å²) in [7, 11) is 0. The predicted octanol–water partition coefficient (Wildman–Crippen LogP) is 2.57. The van der Waals surface area contributed by atoms with Gasteiger partial charge in [-0.05, 0) is 30.5 Å².